The minimum atomic E-state index is -0.341. The maximum Gasteiger partial charge on any atom is 0.143 e. The number of rotatable bonds is 3. The molecule has 3 rings (SSSR count). The normalized spacial score (nSPS) is 19.8. The number of nitriles is 1. The maximum atomic E-state index is 9.07. The van der Waals surface area contributed by atoms with Gasteiger partial charge < -0.3 is 9.64 Å². The Morgan fingerprint density at radius 1 is 1.45 bits per heavy atom. The second-order valence-corrected chi connectivity index (χ2v) is 5.82. The summed E-state index contributed by atoms with van der Waals surface area (Å²) in [6.45, 7) is 3.15. The van der Waals surface area contributed by atoms with E-state index in [1.165, 1.54) is 6.33 Å². The summed E-state index contributed by atoms with van der Waals surface area (Å²) in [5.74, 6) is 1.37. The van der Waals surface area contributed by atoms with Crippen LogP contribution in [0.25, 0.3) is 0 Å². The van der Waals surface area contributed by atoms with Crippen molar-refractivity contribution in [2.45, 2.75) is 12.3 Å². The minimum absolute atomic E-state index is 0.341. The standard InChI is InChI=1S/C15H14ClN5O/c1-15(8-22-2)7-21(11-5-10(6-17)3-4-18-11)14-12(15)13(16)19-9-20-14/h3-5,9H,7-8H2,1-2H3. The molecular weight excluding hydrogens is 302 g/mol. The van der Waals surface area contributed by atoms with Gasteiger partial charge in [-0.2, -0.15) is 5.26 Å². The fraction of sp³-hybridized carbons (Fsp3) is 0.333. The molecule has 7 heteroatoms. The van der Waals surface area contributed by atoms with Gasteiger partial charge in [0.25, 0.3) is 0 Å². The number of pyridine rings is 1. The van der Waals surface area contributed by atoms with Gasteiger partial charge in [0.2, 0.25) is 0 Å². The van der Waals surface area contributed by atoms with Crippen molar-refractivity contribution in [3.8, 4) is 6.07 Å². The molecule has 6 nitrogen and oxygen atoms in total. The molecule has 1 unspecified atom stereocenters. The Bertz CT molecular complexity index is 760. The van der Waals surface area contributed by atoms with Gasteiger partial charge in [-0.05, 0) is 12.1 Å². The summed E-state index contributed by atoms with van der Waals surface area (Å²) in [5.41, 5.74) is 1.06. The van der Waals surface area contributed by atoms with Crippen LogP contribution < -0.4 is 4.90 Å². The lowest BCUT2D eigenvalue weighted by Gasteiger charge is -2.24. The molecule has 0 bridgehead atoms. The van der Waals surface area contributed by atoms with Gasteiger partial charge in [-0.25, -0.2) is 15.0 Å². The third-order valence-electron chi connectivity index (χ3n) is 3.76. The van der Waals surface area contributed by atoms with Gasteiger partial charge in [0.15, 0.2) is 0 Å². The molecule has 0 saturated heterocycles. The molecule has 0 aliphatic carbocycles. The maximum absolute atomic E-state index is 9.07. The molecule has 3 heterocycles. The summed E-state index contributed by atoms with van der Waals surface area (Å²) in [5, 5.41) is 9.49. The molecule has 0 amide bonds. The Balaban J connectivity index is 2.13. The fourth-order valence-electron chi connectivity index (χ4n) is 2.84. The van der Waals surface area contributed by atoms with Gasteiger partial charge in [0.1, 0.15) is 23.1 Å². The van der Waals surface area contributed by atoms with E-state index in [0.29, 0.717) is 35.5 Å². The molecule has 0 saturated carbocycles. The average molecular weight is 316 g/mol. The van der Waals surface area contributed by atoms with Crippen LogP contribution in [-0.4, -0.2) is 35.2 Å². The first-order chi connectivity index (χ1) is 10.6. The van der Waals surface area contributed by atoms with Crippen molar-refractivity contribution in [2.75, 3.05) is 25.2 Å². The zero-order valence-electron chi connectivity index (χ0n) is 12.2. The lowest BCUT2D eigenvalue weighted by atomic mass is 9.87. The van der Waals surface area contributed by atoms with Crippen LogP contribution >= 0.6 is 11.6 Å². The molecular formula is C15H14ClN5O. The summed E-state index contributed by atoms with van der Waals surface area (Å²) >= 11 is 6.30. The minimum Gasteiger partial charge on any atom is -0.384 e. The lowest BCUT2D eigenvalue weighted by molar-refractivity contribution is 0.145. The Morgan fingerprint density at radius 3 is 3.00 bits per heavy atom. The molecule has 0 N–H and O–H groups in total. The van der Waals surface area contributed by atoms with E-state index in [1.54, 1.807) is 25.4 Å². The Morgan fingerprint density at radius 2 is 2.27 bits per heavy atom. The molecule has 0 aromatic carbocycles. The second-order valence-electron chi connectivity index (χ2n) is 5.46. The van der Waals surface area contributed by atoms with Crippen LogP contribution in [-0.2, 0) is 10.2 Å². The molecule has 1 aliphatic heterocycles. The van der Waals surface area contributed by atoms with Gasteiger partial charge in [-0.1, -0.05) is 18.5 Å². The van der Waals surface area contributed by atoms with Gasteiger partial charge in [-0.3, -0.25) is 0 Å². The largest absolute Gasteiger partial charge is 0.384 e. The summed E-state index contributed by atoms with van der Waals surface area (Å²) in [6, 6.07) is 5.52. The predicted molar refractivity (Wildman–Crippen MR) is 82.2 cm³/mol. The number of anilines is 2. The Kier molecular flexibility index (Phi) is 3.69. The lowest BCUT2D eigenvalue weighted by Crippen LogP contribution is -2.33. The number of aromatic nitrogens is 3. The van der Waals surface area contributed by atoms with E-state index >= 15 is 0 Å². The van der Waals surface area contributed by atoms with Crippen LogP contribution in [0.5, 0.6) is 0 Å². The van der Waals surface area contributed by atoms with Crippen LogP contribution in [0, 0.1) is 11.3 Å². The van der Waals surface area contributed by atoms with E-state index < -0.39 is 0 Å². The van der Waals surface area contributed by atoms with Gasteiger partial charge in [0, 0.05) is 30.8 Å². The number of hydrogen-bond donors (Lipinski definition) is 0. The van der Waals surface area contributed by atoms with Crippen LogP contribution in [0.15, 0.2) is 24.7 Å². The molecule has 1 atom stereocenters. The summed E-state index contributed by atoms with van der Waals surface area (Å²) in [4.78, 5) is 14.8. The van der Waals surface area contributed by atoms with Crippen molar-refractivity contribution in [2.24, 2.45) is 0 Å². The van der Waals surface area contributed by atoms with E-state index in [-0.39, 0.29) is 5.41 Å². The van der Waals surface area contributed by atoms with Crippen molar-refractivity contribution in [3.63, 3.8) is 0 Å². The molecule has 2 aromatic heterocycles. The highest BCUT2D eigenvalue weighted by Gasteiger charge is 2.43. The number of ether oxygens (including phenoxy) is 1. The molecule has 1 aliphatic rings. The predicted octanol–water partition coefficient (Wildman–Crippen LogP) is 2.45. The molecule has 0 radical (unpaired) electrons. The number of fused-ring (bicyclic) bond motifs is 1. The first-order valence-corrected chi connectivity index (χ1v) is 7.10. The molecule has 0 spiro atoms. The molecule has 22 heavy (non-hydrogen) atoms. The van der Waals surface area contributed by atoms with Crippen molar-refractivity contribution in [3.05, 3.63) is 40.9 Å². The summed E-state index contributed by atoms with van der Waals surface area (Å²) in [6.07, 6.45) is 3.04. The Labute approximate surface area is 133 Å². The highest BCUT2D eigenvalue weighted by atomic mass is 35.5. The quantitative estimate of drug-likeness (QED) is 0.810. The molecule has 112 valence electrons. The number of methoxy groups -OCH3 is 1. The van der Waals surface area contributed by atoms with Crippen molar-refractivity contribution in [1.82, 2.24) is 15.0 Å². The smallest absolute Gasteiger partial charge is 0.143 e. The van der Waals surface area contributed by atoms with Crippen LogP contribution in [0.2, 0.25) is 5.15 Å². The third kappa shape index (κ3) is 2.28. The topological polar surface area (TPSA) is 74.9 Å². The first kappa shape index (κ1) is 14.7. The van der Waals surface area contributed by atoms with E-state index in [0.717, 1.165) is 5.56 Å². The van der Waals surface area contributed by atoms with E-state index in [9.17, 15) is 0 Å². The van der Waals surface area contributed by atoms with Crippen LogP contribution in [0.4, 0.5) is 11.6 Å². The highest BCUT2D eigenvalue weighted by Crippen LogP contribution is 2.45. The van der Waals surface area contributed by atoms with Gasteiger partial charge >= 0.3 is 0 Å². The number of nitrogens with zero attached hydrogens (tertiary/aromatic N) is 5. The zero-order chi connectivity index (χ0) is 15.7. The van der Waals surface area contributed by atoms with Gasteiger partial charge in [-0.15, -0.1) is 0 Å². The number of halogens is 1. The Hall–Kier alpha value is -2.23. The monoisotopic (exact) mass is 315 g/mol. The highest BCUT2D eigenvalue weighted by molar-refractivity contribution is 6.30. The van der Waals surface area contributed by atoms with Crippen molar-refractivity contribution in [1.29, 1.82) is 5.26 Å². The SMILES string of the molecule is COCC1(C)CN(c2cc(C#N)ccn2)c2ncnc(Cl)c21. The van der Waals surface area contributed by atoms with E-state index in [2.05, 4.69) is 27.9 Å². The van der Waals surface area contributed by atoms with Crippen molar-refractivity contribution >= 4 is 23.2 Å². The van der Waals surface area contributed by atoms with E-state index in [1.807, 2.05) is 4.90 Å². The second kappa shape index (κ2) is 5.52. The molecule has 2 aromatic rings. The zero-order valence-corrected chi connectivity index (χ0v) is 13.0. The first-order valence-electron chi connectivity index (χ1n) is 6.72. The van der Waals surface area contributed by atoms with Gasteiger partial charge in [0.05, 0.1) is 18.2 Å². The average Bonchev–Trinajstić information content (AvgIpc) is 2.82. The van der Waals surface area contributed by atoms with E-state index in [4.69, 9.17) is 21.6 Å². The molecule has 0 fully saturated rings. The summed E-state index contributed by atoms with van der Waals surface area (Å²) in [7, 11) is 1.65. The third-order valence-corrected chi connectivity index (χ3v) is 4.05. The summed E-state index contributed by atoms with van der Waals surface area (Å²) < 4.78 is 5.36. The number of hydrogen-bond acceptors (Lipinski definition) is 6. The van der Waals surface area contributed by atoms with Crippen LogP contribution in [0.1, 0.15) is 18.1 Å². The fourth-order valence-corrected chi connectivity index (χ4v) is 3.20. The van der Waals surface area contributed by atoms with Crippen molar-refractivity contribution < 1.29 is 4.74 Å². The van der Waals surface area contributed by atoms with Crippen LogP contribution in [0.3, 0.4) is 0 Å².